The van der Waals surface area contributed by atoms with Gasteiger partial charge in [0, 0.05) is 13.1 Å². The summed E-state index contributed by atoms with van der Waals surface area (Å²) >= 11 is 0. The Balaban J connectivity index is 1.74. The summed E-state index contributed by atoms with van der Waals surface area (Å²) in [5, 5.41) is 7.38. The van der Waals surface area contributed by atoms with Crippen LogP contribution >= 0.6 is 0 Å². The number of aldehydes is 1. The first-order chi connectivity index (χ1) is 13.6. The SMILES string of the molecule is O=CCn1cc(CNS(=O)(=O)c2ccc3c(c2)CN(C(=O)C(F)(F)F)CC3)nn1. The van der Waals surface area contributed by atoms with E-state index in [2.05, 4.69) is 15.0 Å². The van der Waals surface area contributed by atoms with E-state index in [0.29, 0.717) is 22.3 Å². The van der Waals surface area contributed by atoms with Crippen LogP contribution in [0.2, 0.25) is 0 Å². The first-order valence-electron chi connectivity index (χ1n) is 8.40. The van der Waals surface area contributed by atoms with Gasteiger partial charge in [-0.1, -0.05) is 11.3 Å². The smallest absolute Gasteiger partial charge is 0.330 e. The molecule has 9 nitrogen and oxygen atoms in total. The summed E-state index contributed by atoms with van der Waals surface area (Å²) in [4.78, 5) is 22.4. The number of hydrogen-bond acceptors (Lipinski definition) is 6. The molecule has 1 aromatic heterocycles. The molecule has 2 aromatic rings. The van der Waals surface area contributed by atoms with Crippen molar-refractivity contribution in [1.82, 2.24) is 24.6 Å². The fourth-order valence-electron chi connectivity index (χ4n) is 2.89. The molecule has 0 saturated carbocycles. The lowest BCUT2D eigenvalue weighted by Gasteiger charge is -2.29. The molecular formula is C16H16F3N5O4S. The molecule has 29 heavy (non-hydrogen) atoms. The lowest BCUT2D eigenvalue weighted by atomic mass is 10.00. The molecule has 156 valence electrons. The summed E-state index contributed by atoms with van der Waals surface area (Å²) in [6.45, 7) is -0.613. The van der Waals surface area contributed by atoms with Gasteiger partial charge in [0.05, 0.1) is 29.9 Å². The Kier molecular flexibility index (Phi) is 5.71. The van der Waals surface area contributed by atoms with E-state index in [-0.39, 0.29) is 43.2 Å². The Morgan fingerprint density at radius 3 is 2.72 bits per heavy atom. The van der Waals surface area contributed by atoms with Crippen molar-refractivity contribution in [2.24, 2.45) is 0 Å². The molecule has 0 spiro atoms. The number of aromatic nitrogens is 3. The molecule has 0 unspecified atom stereocenters. The number of carbonyl (C=O) groups is 2. The highest BCUT2D eigenvalue weighted by atomic mass is 32.2. The minimum Gasteiger partial charge on any atom is -0.330 e. The molecular weight excluding hydrogens is 415 g/mol. The predicted molar refractivity (Wildman–Crippen MR) is 91.7 cm³/mol. The van der Waals surface area contributed by atoms with Crippen LogP contribution in [0.3, 0.4) is 0 Å². The summed E-state index contributed by atoms with van der Waals surface area (Å²) in [5.41, 5.74) is 1.32. The summed E-state index contributed by atoms with van der Waals surface area (Å²) < 4.78 is 66.6. The predicted octanol–water partition coefficient (Wildman–Crippen LogP) is 0.402. The van der Waals surface area contributed by atoms with Crippen LogP contribution in [0.5, 0.6) is 0 Å². The molecule has 1 amide bonds. The maximum absolute atomic E-state index is 12.7. The van der Waals surface area contributed by atoms with Gasteiger partial charge in [0.1, 0.15) is 6.29 Å². The maximum Gasteiger partial charge on any atom is 0.471 e. The van der Waals surface area contributed by atoms with Gasteiger partial charge in [-0.2, -0.15) is 13.2 Å². The van der Waals surface area contributed by atoms with E-state index in [1.807, 2.05) is 0 Å². The van der Waals surface area contributed by atoms with Gasteiger partial charge in [-0.05, 0) is 29.7 Å². The highest BCUT2D eigenvalue weighted by molar-refractivity contribution is 7.89. The highest BCUT2D eigenvalue weighted by Crippen LogP contribution is 2.26. The van der Waals surface area contributed by atoms with Crippen LogP contribution in [0.25, 0.3) is 0 Å². The van der Waals surface area contributed by atoms with E-state index >= 15 is 0 Å². The van der Waals surface area contributed by atoms with Crippen molar-refractivity contribution in [3.05, 3.63) is 41.2 Å². The summed E-state index contributed by atoms with van der Waals surface area (Å²) in [5.74, 6) is -1.95. The zero-order chi connectivity index (χ0) is 21.2. The molecule has 0 fully saturated rings. The molecule has 0 atom stereocenters. The zero-order valence-corrected chi connectivity index (χ0v) is 15.7. The van der Waals surface area contributed by atoms with Crippen molar-refractivity contribution in [2.45, 2.75) is 37.1 Å². The van der Waals surface area contributed by atoms with Crippen molar-refractivity contribution >= 4 is 22.2 Å². The fraction of sp³-hybridized carbons (Fsp3) is 0.375. The Morgan fingerprint density at radius 1 is 1.28 bits per heavy atom. The molecule has 0 bridgehead atoms. The quantitative estimate of drug-likeness (QED) is 0.663. The second-order valence-corrected chi connectivity index (χ2v) is 8.10. The van der Waals surface area contributed by atoms with Gasteiger partial charge in [-0.15, -0.1) is 5.10 Å². The molecule has 0 aliphatic carbocycles. The summed E-state index contributed by atoms with van der Waals surface area (Å²) in [7, 11) is -3.98. The number of nitrogens with one attached hydrogen (secondary N) is 1. The van der Waals surface area contributed by atoms with Crippen molar-refractivity contribution in [1.29, 1.82) is 0 Å². The molecule has 1 aromatic carbocycles. The summed E-state index contributed by atoms with van der Waals surface area (Å²) in [6, 6.07) is 4.14. The minimum absolute atomic E-state index is 0.0162. The van der Waals surface area contributed by atoms with Crippen LogP contribution in [0.15, 0.2) is 29.3 Å². The maximum atomic E-state index is 12.7. The van der Waals surface area contributed by atoms with Crippen LogP contribution in [0.1, 0.15) is 16.8 Å². The topological polar surface area (TPSA) is 114 Å². The third-order valence-corrected chi connectivity index (χ3v) is 5.72. The number of sulfonamides is 1. The second kappa shape index (κ2) is 7.91. The molecule has 1 aliphatic heterocycles. The molecule has 0 radical (unpaired) electrons. The van der Waals surface area contributed by atoms with Gasteiger partial charge in [-0.25, -0.2) is 17.8 Å². The number of nitrogens with zero attached hydrogens (tertiary/aromatic N) is 4. The molecule has 13 heteroatoms. The molecule has 2 heterocycles. The normalized spacial score (nSPS) is 14.5. The monoisotopic (exact) mass is 431 g/mol. The van der Waals surface area contributed by atoms with Gasteiger partial charge >= 0.3 is 12.1 Å². The Labute approximate surface area is 163 Å². The van der Waals surface area contributed by atoms with Crippen molar-refractivity contribution in [2.75, 3.05) is 6.54 Å². The van der Waals surface area contributed by atoms with Crippen LogP contribution in [0, 0.1) is 0 Å². The van der Waals surface area contributed by atoms with E-state index < -0.39 is 22.1 Å². The first kappa shape index (κ1) is 20.9. The highest BCUT2D eigenvalue weighted by Gasteiger charge is 2.43. The van der Waals surface area contributed by atoms with E-state index in [1.165, 1.54) is 29.1 Å². The van der Waals surface area contributed by atoms with Gasteiger partial charge < -0.3 is 9.69 Å². The first-order valence-corrected chi connectivity index (χ1v) is 9.88. The number of rotatable bonds is 6. The van der Waals surface area contributed by atoms with Crippen LogP contribution in [-0.4, -0.2) is 53.2 Å². The molecule has 3 rings (SSSR count). The van der Waals surface area contributed by atoms with E-state index in [0.717, 1.165) is 0 Å². The lowest BCUT2D eigenvalue weighted by Crippen LogP contribution is -2.43. The summed E-state index contributed by atoms with van der Waals surface area (Å²) in [6.07, 6.45) is -2.76. The average molecular weight is 431 g/mol. The minimum atomic E-state index is -4.98. The van der Waals surface area contributed by atoms with Crippen LogP contribution in [0.4, 0.5) is 13.2 Å². The van der Waals surface area contributed by atoms with Crippen molar-refractivity contribution in [3.8, 4) is 0 Å². The van der Waals surface area contributed by atoms with Crippen molar-refractivity contribution < 1.29 is 31.2 Å². The number of alkyl halides is 3. The number of fused-ring (bicyclic) bond motifs is 1. The third kappa shape index (κ3) is 4.79. The lowest BCUT2D eigenvalue weighted by molar-refractivity contribution is -0.186. The molecule has 0 saturated heterocycles. The van der Waals surface area contributed by atoms with Gasteiger partial charge in [0.25, 0.3) is 0 Å². The van der Waals surface area contributed by atoms with Crippen LogP contribution < -0.4 is 4.72 Å². The third-order valence-electron chi connectivity index (χ3n) is 4.32. The largest absolute Gasteiger partial charge is 0.471 e. The van der Waals surface area contributed by atoms with E-state index in [1.54, 1.807) is 0 Å². The Bertz CT molecular complexity index is 1040. The van der Waals surface area contributed by atoms with E-state index in [4.69, 9.17) is 0 Å². The number of carbonyl (C=O) groups excluding carboxylic acids is 2. The van der Waals surface area contributed by atoms with Crippen LogP contribution in [-0.2, 0) is 45.7 Å². The zero-order valence-electron chi connectivity index (χ0n) is 14.9. The molecule has 1 aliphatic rings. The number of benzene rings is 1. The molecule has 1 N–H and O–H groups in total. The second-order valence-electron chi connectivity index (χ2n) is 6.33. The number of amides is 1. The number of halogens is 3. The van der Waals surface area contributed by atoms with Gasteiger partial charge in [-0.3, -0.25) is 4.79 Å². The Hall–Kier alpha value is -2.80. The average Bonchev–Trinajstić information content (AvgIpc) is 3.12. The van der Waals surface area contributed by atoms with Crippen molar-refractivity contribution in [3.63, 3.8) is 0 Å². The Morgan fingerprint density at radius 2 is 2.03 bits per heavy atom. The van der Waals surface area contributed by atoms with Gasteiger partial charge in [0.2, 0.25) is 10.0 Å². The number of hydrogen-bond donors (Lipinski definition) is 1. The van der Waals surface area contributed by atoms with Gasteiger partial charge in [0.15, 0.2) is 0 Å². The van der Waals surface area contributed by atoms with E-state index in [9.17, 15) is 31.2 Å². The standard InChI is InChI=1S/C16H16F3N5O4S/c17-16(18,19)15(26)23-4-3-11-1-2-14(7-12(11)9-23)29(27,28)20-8-13-10-24(5-6-25)22-21-13/h1-2,6-7,10,20H,3-5,8-9H2. The fourth-order valence-corrected chi connectivity index (χ4v) is 3.94.